The van der Waals surface area contributed by atoms with Gasteiger partial charge in [-0.15, -0.1) is 0 Å². The van der Waals surface area contributed by atoms with E-state index in [4.69, 9.17) is 18.9 Å². The van der Waals surface area contributed by atoms with Crippen LogP contribution in [-0.2, 0) is 6.42 Å². The van der Waals surface area contributed by atoms with Crippen LogP contribution in [0.2, 0.25) is 0 Å². The van der Waals surface area contributed by atoms with Crippen molar-refractivity contribution >= 4 is 0 Å². The topological polar surface area (TPSA) is 239 Å². The third-order valence-corrected chi connectivity index (χ3v) is 8.27. The largest absolute Gasteiger partial charge is 0.508 e. The average molecular weight is 639 g/mol. The molecule has 14 heteroatoms. The fourth-order valence-electron chi connectivity index (χ4n) is 6.26. The fraction of sp³-hybridized carbons (Fsp3) is 0.250. The number of hydrogen-bond donors (Lipinski definition) is 10. The van der Waals surface area contributed by atoms with E-state index in [2.05, 4.69) is 0 Å². The van der Waals surface area contributed by atoms with Gasteiger partial charge in [-0.3, -0.25) is 0 Å². The lowest BCUT2D eigenvalue weighted by Gasteiger charge is -2.40. The number of hydrogen-bond acceptors (Lipinski definition) is 14. The number of aromatic hydroxyl groups is 8. The molecule has 5 atom stereocenters. The summed E-state index contributed by atoms with van der Waals surface area (Å²) >= 11 is 0. The molecule has 0 bridgehead atoms. The van der Waals surface area contributed by atoms with E-state index in [0.29, 0.717) is 0 Å². The fourth-order valence-corrected chi connectivity index (χ4v) is 6.26. The summed E-state index contributed by atoms with van der Waals surface area (Å²) in [5.41, 5.74) is -0.197. The van der Waals surface area contributed by atoms with Gasteiger partial charge < -0.3 is 70.0 Å². The molecule has 0 aliphatic carbocycles. The zero-order valence-corrected chi connectivity index (χ0v) is 24.2. The molecule has 0 aromatic heterocycles. The molecule has 0 spiro atoms. The summed E-state index contributed by atoms with van der Waals surface area (Å²) in [5.74, 6) is -6.20. The summed E-state index contributed by atoms with van der Waals surface area (Å²) < 4.78 is 22.2. The molecule has 10 N–H and O–H groups in total. The monoisotopic (exact) mass is 638 g/mol. The molecule has 242 valence electrons. The van der Waals surface area contributed by atoms with E-state index in [9.17, 15) is 51.1 Å². The van der Waals surface area contributed by atoms with Crippen molar-refractivity contribution in [2.24, 2.45) is 0 Å². The van der Waals surface area contributed by atoms with Gasteiger partial charge >= 0.3 is 0 Å². The van der Waals surface area contributed by atoms with Gasteiger partial charge in [0.05, 0.1) is 26.2 Å². The van der Waals surface area contributed by atoms with Crippen molar-refractivity contribution in [3.05, 3.63) is 70.3 Å². The average Bonchev–Trinajstić information content (AvgIpc) is 2.98. The van der Waals surface area contributed by atoms with Gasteiger partial charge in [0.25, 0.3) is 0 Å². The van der Waals surface area contributed by atoms with Crippen LogP contribution < -0.4 is 18.9 Å². The minimum Gasteiger partial charge on any atom is -0.508 e. The maximum absolute atomic E-state index is 11.9. The number of ether oxygens (including phenoxy) is 4. The van der Waals surface area contributed by atoms with E-state index in [1.807, 2.05) is 0 Å². The normalized spacial score (nSPS) is 21.8. The molecule has 46 heavy (non-hydrogen) atoms. The van der Waals surface area contributed by atoms with Crippen LogP contribution in [0.4, 0.5) is 0 Å². The van der Waals surface area contributed by atoms with Crippen LogP contribution in [0, 0.1) is 0 Å². The van der Waals surface area contributed by atoms with Crippen LogP contribution in [0.25, 0.3) is 0 Å². The van der Waals surface area contributed by atoms with Crippen LogP contribution in [0.1, 0.15) is 45.9 Å². The van der Waals surface area contributed by atoms with Gasteiger partial charge in [0.1, 0.15) is 40.6 Å². The van der Waals surface area contributed by atoms with Crippen molar-refractivity contribution in [3.8, 4) is 69.0 Å². The Bertz CT molecular complexity index is 1830. The Morgan fingerprint density at radius 2 is 1.30 bits per heavy atom. The highest BCUT2D eigenvalue weighted by Crippen LogP contribution is 2.58. The molecule has 0 radical (unpaired) electrons. The van der Waals surface area contributed by atoms with Gasteiger partial charge in [0.2, 0.25) is 11.5 Å². The number of methoxy groups -OCH3 is 2. The van der Waals surface area contributed by atoms with Gasteiger partial charge in [-0.2, -0.15) is 0 Å². The Balaban J connectivity index is 1.56. The van der Waals surface area contributed by atoms with Crippen molar-refractivity contribution in [3.63, 3.8) is 0 Å². The highest BCUT2D eigenvalue weighted by atomic mass is 16.5. The molecular formula is C32H30O14. The van der Waals surface area contributed by atoms with Gasteiger partial charge in [-0.1, -0.05) is 0 Å². The third kappa shape index (κ3) is 4.66. The highest BCUT2D eigenvalue weighted by Gasteiger charge is 2.47. The number of phenolic OH excluding ortho intramolecular Hbond substituents is 8. The molecule has 6 rings (SSSR count). The molecular weight excluding hydrogens is 608 g/mol. The molecule has 0 saturated heterocycles. The van der Waals surface area contributed by atoms with Gasteiger partial charge in [0.15, 0.2) is 35.2 Å². The van der Waals surface area contributed by atoms with Crippen LogP contribution >= 0.6 is 0 Å². The molecule has 2 aliphatic heterocycles. The van der Waals surface area contributed by atoms with Crippen molar-refractivity contribution in [1.29, 1.82) is 0 Å². The summed E-state index contributed by atoms with van der Waals surface area (Å²) in [6, 6.07) is 7.98. The van der Waals surface area contributed by atoms with Crippen LogP contribution in [-0.4, -0.2) is 77.5 Å². The number of aliphatic hydroxyl groups is 2. The van der Waals surface area contributed by atoms with Crippen LogP contribution in [0.5, 0.6) is 69.0 Å². The lowest BCUT2D eigenvalue weighted by molar-refractivity contribution is 0.000227. The number of aliphatic hydroxyl groups excluding tert-OH is 2. The zero-order valence-electron chi connectivity index (χ0n) is 24.2. The van der Waals surface area contributed by atoms with Crippen LogP contribution in [0.3, 0.4) is 0 Å². The Labute approximate surface area is 260 Å². The number of rotatable bonds is 5. The first-order chi connectivity index (χ1) is 21.9. The quantitative estimate of drug-likeness (QED) is 0.151. The predicted molar refractivity (Wildman–Crippen MR) is 156 cm³/mol. The lowest BCUT2D eigenvalue weighted by atomic mass is 9.77. The predicted octanol–water partition coefficient (Wildman–Crippen LogP) is 3.01. The lowest BCUT2D eigenvalue weighted by Crippen LogP contribution is -2.37. The Kier molecular flexibility index (Phi) is 7.33. The summed E-state index contributed by atoms with van der Waals surface area (Å²) in [5, 5.41) is 108. The van der Waals surface area contributed by atoms with Gasteiger partial charge in [-0.05, 0) is 24.3 Å². The van der Waals surface area contributed by atoms with E-state index >= 15 is 0 Å². The first kappa shape index (κ1) is 30.4. The van der Waals surface area contributed by atoms with E-state index in [-0.39, 0.29) is 57.2 Å². The molecule has 4 aromatic rings. The summed E-state index contributed by atoms with van der Waals surface area (Å²) in [4.78, 5) is 0. The van der Waals surface area contributed by atoms with E-state index in [0.717, 1.165) is 18.2 Å². The molecule has 0 amide bonds. The SMILES string of the molecule is COc1c(O)cc(C2Oc3c(c(O)cc(O)c3C3c4c(O)cc(O)cc4OC(c4ccc(O)c(OC)c4O)C3O)CC2O)cc1O. The Morgan fingerprint density at radius 1 is 0.652 bits per heavy atom. The summed E-state index contributed by atoms with van der Waals surface area (Å²) in [6.45, 7) is 0. The highest BCUT2D eigenvalue weighted by molar-refractivity contribution is 5.66. The van der Waals surface area contributed by atoms with E-state index in [1.165, 1.54) is 38.5 Å². The Hall–Kier alpha value is -5.60. The second-order valence-electron chi connectivity index (χ2n) is 11.0. The first-order valence-electron chi connectivity index (χ1n) is 13.9. The minimum absolute atomic E-state index is 0.0303. The molecule has 2 aliphatic rings. The molecule has 2 heterocycles. The van der Waals surface area contributed by atoms with Gasteiger partial charge in [-0.25, -0.2) is 0 Å². The standard InChI is InChI=1S/C32H30O14/c1-43-31-19(38)5-11(6-20(31)39)28-21(40)9-14-16(35)10-18(37)24(29(14)46-28)25-23-17(36)7-12(33)8-22(23)45-30(27(25)42)13-3-4-15(34)32(44-2)26(13)41/h3-8,10,21,25,27-28,30,33-42H,9H2,1-2H3. The minimum atomic E-state index is -1.73. The first-order valence-corrected chi connectivity index (χ1v) is 13.9. The second-order valence-corrected chi connectivity index (χ2v) is 11.0. The van der Waals surface area contributed by atoms with E-state index < -0.39 is 76.3 Å². The number of phenols is 8. The van der Waals surface area contributed by atoms with Crippen molar-refractivity contribution in [2.45, 2.75) is 36.8 Å². The van der Waals surface area contributed by atoms with Gasteiger partial charge in [0, 0.05) is 52.4 Å². The molecule has 14 nitrogen and oxygen atoms in total. The zero-order chi connectivity index (χ0) is 33.2. The van der Waals surface area contributed by atoms with Crippen LogP contribution in [0.15, 0.2) is 42.5 Å². The molecule has 0 fully saturated rings. The van der Waals surface area contributed by atoms with Crippen molar-refractivity contribution < 1.29 is 70.0 Å². The maximum Gasteiger partial charge on any atom is 0.203 e. The molecule has 5 unspecified atom stereocenters. The summed E-state index contributed by atoms with van der Waals surface area (Å²) in [6.07, 6.45) is -6.07. The maximum atomic E-state index is 11.9. The molecule has 0 saturated carbocycles. The number of fused-ring (bicyclic) bond motifs is 2. The molecule has 4 aromatic carbocycles. The van der Waals surface area contributed by atoms with Crippen molar-refractivity contribution in [2.75, 3.05) is 14.2 Å². The van der Waals surface area contributed by atoms with E-state index in [1.54, 1.807) is 0 Å². The summed E-state index contributed by atoms with van der Waals surface area (Å²) in [7, 11) is 2.44. The Morgan fingerprint density at radius 3 is 1.96 bits per heavy atom. The second kappa shape index (κ2) is 11.1. The third-order valence-electron chi connectivity index (χ3n) is 8.27. The number of benzene rings is 4. The smallest absolute Gasteiger partial charge is 0.203 e. The van der Waals surface area contributed by atoms with Crippen molar-refractivity contribution in [1.82, 2.24) is 0 Å².